The van der Waals surface area contributed by atoms with Gasteiger partial charge >= 0.3 is 0 Å². The van der Waals surface area contributed by atoms with Crippen molar-refractivity contribution in [2.45, 2.75) is 71.1 Å². The van der Waals surface area contributed by atoms with Gasteiger partial charge in [-0.25, -0.2) is 0 Å². The van der Waals surface area contributed by atoms with E-state index in [0.717, 1.165) is 12.8 Å². The van der Waals surface area contributed by atoms with Gasteiger partial charge in [0.1, 0.15) is 0 Å². The number of hydrogen-bond donors (Lipinski definition) is 4. The van der Waals surface area contributed by atoms with Gasteiger partial charge in [-0.1, -0.05) is 58.3 Å². The largest absolute Gasteiger partial charge is 0.381 e. The fourth-order valence-electron chi connectivity index (χ4n) is 3.24. The van der Waals surface area contributed by atoms with Crippen molar-refractivity contribution in [3.8, 4) is 0 Å². The summed E-state index contributed by atoms with van der Waals surface area (Å²) < 4.78 is 0. The molecule has 0 aliphatic heterocycles. The van der Waals surface area contributed by atoms with Gasteiger partial charge in [0.05, 0.1) is 11.4 Å². The summed E-state index contributed by atoms with van der Waals surface area (Å²) in [5, 5.41) is 6.13. The van der Waals surface area contributed by atoms with Crippen LogP contribution in [0.2, 0.25) is 0 Å². The predicted octanol–water partition coefficient (Wildman–Crippen LogP) is 4.24. The third kappa shape index (κ3) is 9.24. The summed E-state index contributed by atoms with van der Waals surface area (Å²) in [5.74, 6) is 1.05. The molecule has 6 heteroatoms. The molecule has 1 rings (SSSR count). The van der Waals surface area contributed by atoms with Crippen molar-refractivity contribution in [3.63, 3.8) is 0 Å². The summed E-state index contributed by atoms with van der Waals surface area (Å²) in [6.45, 7) is 3.38. The average Bonchev–Trinajstić information content (AvgIpc) is 2.67. The summed E-state index contributed by atoms with van der Waals surface area (Å²) in [4.78, 5) is 25.2. The summed E-state index contributed by atoms with van der Waals surface area (Å²) in [5.41, 5.74) is 1.48. The smallest absolute Gasteiger partial charge is 0.207 e. The Morgan fingerprint density at radius 2 is 1.37 bits per heavy atom. The molecule has 0 aromatic heterocycles. The van der Waals surface area contributed by atoms with Gasteiger partial charge in [-0.15, -0.1) is 0 Å². The van der Waals surface area contributed by atoms with Crippen molar-refractivity contribution in [2.24, 2.45) is 0 Å². The standard InChI is InChI=1S/C21H36N2O2S2/c1-2-3-4-5-6-7-8-9-10-11-17-20(23-13-15-27)19(24)16-18(21(17)25)22-12-14-26/h16,22-23,26-27H,2-15H2,1H3. The fourth-order valence-corrected chi connectivity index (χ4v) is 3.46. The Hall–Kier alpha value is -0.880. The van der Waals surface area contributed by atoms with Gasteiger partial charge in [-0.2, -0.15) is 25.3 Å². The first-order chi connectivity index (χ1) is 13.2. The van der Waals surface area contributed by atoms with Crippen LogP contribution in [-0.2, 0) is 9.59 Å². The number of thiol groups is 2. The second-order valence-electron chi connectivity index (χ2n) is 6.98. The topological polar surface area (TPSA) is 58.2 Å². The van der Waals surface area contributed by atoms with Crippen molar-refractivity contribution in [2.75, 3.05) is 24.6 Å². The summed E-state index contributed by atoms with van der Waals surface area (Å²) in [6.07, 6.45) is 13.1. The number of Topliss-reactive ketones (excluding diaryl/α,β-unsaturated/α-hetero) is 1. The summed E-state index contributed by atoms with van der Waals surface area (Å²) in [7, 11) is 0. The molecular weight excluding hydrogens is 376 g/mol. The van der Waals surface area contributed by atoms with Gasteiger partial charge in [0, 0.05) is 36.2 Å². The van der Waals surface area contributed by atoms with Crippen LogP contribution in [-0.4, -0.2) is 36.2 Å². The second-order valence-corrected chi connectivity index (χ2v) is 7.88. The Labute approximate surface area is 175 Å². The normalized spacial score (nSPS) is 14.6. The molecule has 4 nitrogen and oxygen atoms in total. The number of ketones is 2. The van der Waals surface area contributed by atoms with E-state index in [9.17, 15) is 9.59 Å². The maximum atomic E-state index is 12.8. The molecule has 0 saturated carbocycles. The molecule has 0 fully saturated rings. The molecule has 0 aromatic carbocycles. The molecule has 27 heavy (non-hydrogen) atoms. The van der Waals surface area contributed by atoms with Crippen LogP contribution in [0, 0.1) is 0 Å². The fraction of sp³-hybridized carbons (Fsp3) is 0.714. The number of hydrogen-bond acceptors (Lipinski definition) is 6. The molecule has 0 amide bonds. The van der Waals surface area contributed by atoms with Crippen LogP contribution in [0.15, 0.2) is 23.0 Å². The molecule has 0 heterocycles. The third-order valence-electron chi connectivity index (χ3n) is 4.71. The zero-order valence-corrected chi connectivity index (χ0v) is 18.5. The average molecular weight is 413 g/mol. The van der Waals surface area contributed by atoms with Gasteiger partial charge in [-0.05, 0) is 12.8 Å². The monoisotopic (exact) mass is 412 g/mol. The lowest BCUT2D eigenvalue weighted by Crippen LogP contribution is -2.34. The zero-order valence-electron chi connectivity index (χ0n) is 16.7. The Morgan fingerprint density at radius 3 is 1.96 bits per heavy atom. The molecule has 2 N–H and O–H groups in total. The number of rotatable bonds is 16. The van der Waals surface area contributed by atoms with Gasteiger partial charge in [0.25, 0.3) is 0 Å². The molecule has 1 aliphatic carbocycles. The van der Waals surface area contributed by atoms with Crippen LogP contribution >= 0.6 is 25.3 Å². The van der Waals surface area contributed by atoms with Crippen molar-refractivity contribution < 1.29 is 9.59 Å². The second kappa shape index (κ2) is 15.1. The highest BCUT2D eigenvalue weighted by Crippen LogP contribution is 2.22. The minimum absolute atomic E-state index is 0.0578. The molecular formula is C21H36N2O2S2. The van der Waals surface area contributed by atoms with E-state index >= 15 is 0 Å². The first kappa shape index (κ1) is 24.2. The highest BCUT2D eigenvalue weighted by molar-refractivity contribution is 7.80. The highest BCUT2D eigenvalue weighted by Gasteiger charge is 2.27. The molecule has 0 saturated heterocycles. The SMILES string of the molecule is CCCCCCCCCCCC1=C(NCCS)C(=O)C=C(NCCS)C1=O. The maximum Gasteiger partial charge on any atom is 0.207 e. The van der Waals surface area contributed by atoms with E-state index in [4.69, 9.17) is 0 Å². The minimum Gasteiger partial charge on any atom is -0.381 e. The molecule has 0 unspecified atom stereocenters. The number of allylic oxidation sites excluding steroid dienone is 2. The van der Waals surface area contributed by atoms with Crippen molar-refractivity contribution in [1.29, 1.82) is 0 Å². The van der Waals surface area contributed by atoms with Gasteiger partial charge in [-0.3, -0.25) is 9.59 Å². The lowest BCUT2D eigenvalue weighted by atomic mass is 9.92. The lowest BCUT2D eigenvalue weighted by Gasteiger charge is -2.21. The van der Waals surface area contributed by atoms with Crippen molar-refractivity contribution >= 4 is 36.8 Å². The zero-order chi connectivity index (χ0) is 19.9. The molecule has 0 radical (unpaired) electrons. The van der Waals surface area contributed by atoms with Gasteiger partial charge < -0.3 is 10.6 Å². The number of carbonyl (C=O) groups is 2. The van der Waals surface area contributed by atoms with E-state index in [2.05, 4.69) is 42.8 Å². The third-order valence-corrected chi connectivity index (χ3v) is 5.16. The number of nitrogens with one attached hydrogen (secondary N) is 2. The quantitative estimate of drug-likeness (QED) is 0.174. The molecule has 0 spiro atoms. The molecule has 154 valence electrons. The van der Waals surface area contributed by atoms with Crippen molar-refractivity contribution in [1.82, 2.24) is 10.6 Å². The lowest BCUT2D eigenvalue weighted by molar-refractivity contribution is -0.116. The van der Waals surface area contributed by atoms with Crippen LogP contribution < -0.4 is 10.6 Å². The van der Waals surface area contributed by atoms with Crippen LogP contribution in [0.4, 0.5) is 0 Å². The summed E-state index contributed by atoms with van der Waals surface area (Å²) >= 11 is 8.34. The van der Waals surface area contributed by atoms with E-state index in [0.29, 0.717) is 48.0 Å². The van der Waals surface area contributed by atoms with Crippen LogP contribution in [0.1, 0.15) is 71.1 Å². The molecule has 0 aromatic rings. The number of carbonyl (C=O) groups excluding carboxylic acids is 2. The van der Waals surface area contributed by atoms with Crippen LogP contribution in [0.25, 0.3) is 0 Å². The maximum absolute atomic E-state index is 12.8. The van der Waals surface area contributed by atoms with E-state index in [-0.39, 0.29) is 11.6 Å². The molecule has 1 aliphatic rings. The molecule has 0 atom stereocenters. The Balaban J connectivity index is 2.52. The van der Waals surface area contributed by atoms with E-state index in [1.54, 1.807) is 0 Å². The van der Waals surface area contributed by atoms with Crippen LogP contribution in [0.5, 0.6) is 0 Å². The Morgan fingerprint density at radius 1 is 0.815 bits per heavy atom. The Bertz CT molecular complexity index is 530. The first-order valence-electron chi connectivity index (χ1n) is 10.4. The van der Waals surface area contributed by atoms with Crippen molar-refractivity contribution in [3.05, 3.63) is 23.0 Å². The molecule has 0 bridgehead atoms. The first-order valence-corrected chi connectivity index (χ1v) is 11.7. The van der Waals surface area contributed by atoms with E-state index < -0.39 is 0 Å². The van der Waals surface area contributed by atoms with E-state index in [1.807, 2.05) is 0 Å². The van der Waals surface area contributed by atoms with E-state index in [1.165, 1.54) is 51.0 Å². The van der Waals surface area contributed by atoms with Crippen LogP contribution in [0.3, 0.4) is 0 Å². The predicted molar refractivity (Wildman–Crippen MR) is 121 cm³/mol. The summed E-state index contributed by atoms with van der Waals surface area (Å²) in [6, 6.07) is 0. The minimum atomic E-state index is -0.121. The number of unbranched alkanes of at least 4 members (excludes halogenated alkanes) is 8. The van der Waals surface area contributed by atoms with Gasteiger partial charge in [0.2, 0.25) is 11.6 Å². The Kier molecular flexibility index (Phi) is 13.5. The highest BCUT2D eigenvalue weighted by atomic mass is 32.1. The van der Waals surface area contributed by atoms with Gasteiger partial charge in [0.15, 0.2) is 0 Å².